The van der Waals surface area contributed by atoms with Crippen molar-refractivity contribution in [3.63, 3.8) is 0 Å². The summed E-state index contributed by atoms with van der Waals surface area (Å²) in [6.45, 7) is 1.71. The molecule has 182 valence electrons. The number of amides is 2. The van der Waals surface area contributed by atoms with Crippen LogP contribution in [0.5, 0.6) is 5.88 Å². The summed E-state index contributed by atoms with van der Waals surface area (Å²) in [7, 11) is -2.68. The smallest absolute Gasteiger partial charge is 0.333 e. The molecule has 1 aromatic heterocycles. The fourth-order valence-corrected chi connectivity index (χ4v) is 5.66. The van der Waals surface area contributed by atoms with Crippen molar-refractivity contribution in [1.29, 1.82) is 0 Å². The van der Waals surface area contributed by atoms with Crippen LogP contribution in [0.3, 0.4) is 0 Å². The molecule has 1 aliphatic heterocycles. The van der Waals surface area contributed by atoms with Crippen LogP contribution in [0, 0.1) is 6.92 Å². The Morgan fingerprint density at radius 1 is 1.15 bits per heavy atom. The molecule has 0 saturated carbocycles. The lowest BCUT2D eigenvalue weighted by Gasteiger charge is -2.27. The van der Waals surface area contributed by atoms with Gasteiger partial charge in [-0.15, -0.1) is 0 Å². The third kappa shape index (κ3) is 4.90. The van der Waals surface area contributed by atoms with Crippen molar-refractivity contribution in [1.82, 2.24) is 14.0 Å². The summed E-state index contributed by atoms with van der Waals surface area (Å²) in [5.41, 5.74) is 5.05. The van der Waals surface area contributed by atoms with Crippen LogP contribution in [-0.2, 0) is 23.1 Å². The number of nitrogens with zero attached hydrogens (tertiary/aromatic N) is 2. The molecule has 2 aliphatic rings. The number of aryl methyl sites for hydroxylation is 2. The average molecular weight is 493 g/mol. The molecular formula is C23H26F2N4O4S. The first kappa shape index (κ1) is 24.1. The molecule has 2 aromatic rings. The molecule has 1 aliphatic carbocycles. The topological polar surface area (TPSA) is 101 Å². The van der Waals surface area contributed by atoms with Crippen molar-refractivity contribution in [2.24, 2.45) is 0 Å². The Morgan fingerprint density at radius 2 is 1.88 bits per heavy atom. The number of pyridine rings is 1. The molecule has 0 radical (unpaired) electrons. The molecule has 11 heteroatoms. The fraction of sp³-hybridized carbons (Fsp3) is 0.391. The molecule has 0 spiro atoms. The number of carbonyl (C=O) groups excluding carboxylic acids is 1. The Morgan fingerprint density at radius 3 is 2.56 bits per heavy atom. The van der Waals surface area contributed by atoms with Crippen LogP contribution in [0.15, 0.2) is 36.0 Å². The maximum absolute atomic E-state index is 12.9. The lowest BCUT2D eigenvalue weighted by atomic mass is 9.93. The summed E-state index contributed by atoms with van der Waals surface area (Å²) in [6, 6.07) is 4.74. The Hall–Kier alpha value is -3.05. The quantitative estimate of drug-likeness (QED) is 0.653. The fourth-order valence-electron chi connectivity index (χ4n) is 4.59. The maximum Gasteiger partial charge on any atom is 0.333 e. The number of methoxy groups -OCH3 is 1. The molecule has 0 atom stereocenters. The van der Waals surface area contributed by atoms with Crippen molar-refractivity contribution < 1.29 is 26.7 Å². The van der Waals surface area contributed by atoms with Crippen LogP contribution in [0.2, 0.25) is 0 Å². The summed E-state index contributed by atoms with van der Waals surface area (Å²) in [6.07, 6.45) is 2.27. The van der Waals surface area contributed by atoms with Gasteiger partial charge in [0.25, 0.3) is 6.08 Å². The average Bonchev–Trinajstić information content (AvgIpc) is 3.27. The van der Waals surface area contributed by atoms with E-state index < -0.39 is 22.3 Å². The number of carbonyl (C=O) groups is 1. The predicted molar refractivity (Wildman–Crippen MR) is 124 cm³/mol. The monoisotopic (exact) mass is 492 g/mol. The molecule has 8 nitrogen and oxygen atoms in total. The Kier molecular flexibility index (Phi) is 6.85. The summed E-state index contributed by atoms with van der Waals surface area (Å²) >= 11 is 0. The van der Waals surface area contributed by atoms with Gasteiger partial charge in [-0.1, -0.05) is 6.07 Å². The van der Waals surface area contributed by atoms with Gasteiger partial charge in [-0.3, -0.25) is 0 Å². The number of hydrogen-bond donors (Lipinski definition) is 2. The Balaban J connectivity index is 1.61. The minimum atomic E-state index is -4.19. The number of benzene rings is 1. The van der Waals surface area contributed by atoms with Crippen LogP contribution < -0.4 is 14.8 Å². The molecule has 1 aromatic carbocycles. The summed E-state index contributed by atoms with van der Waals surface area (Å²) in [5, 5.41) is 2.76. The van der Waals surface area contributed by atoms with Gasteiger partial charge in [-0.2, -0.15) is 21.5 Å². The predicted octanol–water partition coefficient (Wildman–Crippen LogP) is 4.17. The number of ether oxygens (including phenoxy) is 1. The normalized spacial score (nSPS) is 16.2. The third-order valence-electron chi connectivity index (χ3n) is 6.22. The molecular weight excluding hydrogens is 466 g/mol. The van der Waals surface area contributed by atoms with Gasteiger partial charge in [-0.25, -0.2) is 14.5 Å². The minimum absolute atomic E-state index is 0.0522. The Labute approximate surface area is 197 Å². The molecule has 0 unspecified atom stereocenters. The molecule has 1 saturated heterocycles. The summed E-state index contributed by atoms with van der Waals surface area (Å²) in [5.74, 6) is 0.415. The van der Waals surface area contributed by atoms with E-state index in [0.717, 1.165) is 51.4 Å². The number of hydrogen-bond acceptors (Lipinski definition) is 5. The second-order valence-corrected chi connectivity index (χ2v) is 10.0. The number of halogens is 2. The molecule has 2 amide bonds. The van der Waals surface area contributed by atoms with E-state index in [1.807, 2.05) is 11.6 Å². The molecule has 2 heterocycles. The van der Waals surface area contributed by atoms with Crippen molar-refractivity contribution in [2.45, 2.75) is 39.0 Å². The Bertz CT molecular complexity index is 1250. The molecule has 1 fully saturated rings. The number of fused-ring (bicyclic) bond motifs is 1. The van der Waals surface area contributed by atoms with E-state index in [4.69, 9.17) is 4.74 Å². The summed E-state index contributed by atoms with van der Waals surface area (Å²) in [4.78, 5) is 17.0. The van der Waals surface area contributed by atoms with Crippen LogP contribution in [-0.4, -0.2) is 43.9 Å². The number of anilines is 1. The molecule has 34 heavy (non-hydrogen) atoms. The van der Waals surface area contributed by atoms with Crippen molar-refractivity contribution in [2.75, 3.05) is 25.5 Å². The molecule has 2 N–H and O–H groups in total. The van der Waals surface area contributed by atoms with Gasteiger partial charge in [0, 0.05) is 30.9 Å². The zero-order chi connectivity index (χ0) is 24.5. The van der Waals surface area contributed by atoms with E-state index >= 15 is 0 Å². The van der Waals surface area contributed by atoms with Gasteiger partial charge in [0.05, 0.1) is 12.8 Å². The van der Waals surface area contributed by atoms with Gasteiger partial charge in [0.2, 0.25) is 5.88 Å². The van der Waals surface area contributed by atoms with Crippen LogP contribution in [0.25, 0.3) is 11.1 Å². The number of nitrogens with one attached hydrogen (secondary N) is 2. The van der Waals surface area contributed by atoms with Crippen molar-refractivity contribution in [3.05, 3.63) is 52.7 Å². The highest BCUT2D eigenvalue weighted by Gasteiger charge is 2.30. The van der Waals surface area contributed by atoms with Gasteiger partial charge >= 0.3 is 16.2 Å². The van der Waals surface area contributed by atoms with Crippen LogP contribution in [0.4, 0.5) is 19.3 Å². The third-order valence-corrected chi connectivity index (χ3v) is 7.71. The number of rotatable bonds is 5. The number of piperidine rings is 1. The SMILES string of the molecule is COc1cc(-c2c(C)cc3c(c2NC(=O)NS(=O)(=O)N2CCC(=C(F)F)CC2)CCC3)ccn1. The van der Waals surface area contributed by atoms with Gasteiger partial charge in [0.15, 0.2) is 0 Å². The highest BCUT2D eigenvalue weighted by Crippen LogP contribution is 2.40. The van der Waals surface area contributed by atoms with E-state index in [1.165, 1.54) is 7.11 Å². The van der Waals surface area contributed by atoms with E-state index in [0.29, 0.717) is 11.6 Å². The minimum Gasteiger partial charge on any atom is -0.481 e. The summed E-state index contributed by atoms with van der Waals surface area (Å²) < 4.78 is 59.3. The highest BCUT2D eigenvalue weighted by molar-refractivity contribution is 7.87. The van der Waals surface area contributed by atoms with E-state index in [9.17, 15) is 22.0 Å². The van der Waals surface area contributed by atoms with Crippen LogP contribution >= 0.6 is 0 Å². The lowest BCUT2D eigenvalue weighted by molar-refractivity contribution is 0.255. The van der Waals surface area contributed by atoms with Gasteiger partial charge < -0.3 is 10.1 Å². The maximum atomic E-state index is 12.9. The van der Waals surface area contributed by atoms with Gasteiger partial charge in [-0.05, 0) is 72.9 Å². The largest absolute Gasteiger partial charge is 0.481 e. The zero-order valence-electron chi connectivity index (χ0n) is 19.0. The second kappa shape index (κ2) is 9.67. The van der Waals surface area contributed by atoms with Gasteiger partial charge in [0.1, 0.15) is 0 Å². The molecule has 0 bridgehead atoms. The standard InChI is InChI=1S/C23H26F2N4O4S/c1-14-12-16-4-3-5-18(16)21(20(14)17-6-9-26-19(13-17)33-2)27-23(30)28-34(31,32)29-10-7-15(8-11-29)22(24)25/h6,9,12-13H,3-5,7-8,10-11H2,1-2H3,(H2,27,28,30). The zero-order valence-corrected chi connectivity index (χ0v) is 19.8. The molecule has 4 rings (SSSR count). The first-order valence-electron chi connectivity index (χ1n) is 11.0. The van der Waals surface area contributed by atoms with Crippen molar-refractivity contribution in [3.8, 4) is 17.0 Å². The second-order valence-electron chi connectivity index (χ2n) is 8.35. The van der Waals surface area contributed by atoms with E-state index in [1.54, 1.807) is 18.3 Å². The van der Waals surface area contributed by atoms with E-state index in [2.05, 4.69) is 16.4 Å². The lowest BCUT2D eigenvalue weighted by Crippen LogP contribution is -2.47. The first-order valence-corrected chi connectivity index (χ1v) is 12.4. The number of urea groups is 1. The number of aromatic nitrogens is 1. The van der Waals surface area contributed by atoms with Crippen LogP contribution in [0.1, 0.15) is 36.0 Å². The van der Waals surface area contributed by atoms with E-state index in [-0.39, 0.29) is 31.5 Å². The first-order chi connectivity index (χ1) is 16.2. The van der Waals surface area contributed by atoms with Crippen molar-refractivity contribution >= 4 is 21.9 Å². The highest BCUT2D eigenvalue weighted by atomic mass is 32.2.